The van der Waals surface area contributed by atoms with E-state index in [1.807, 2.05) is 30.3 Å². The van der Waals surface area contributed by atoms with E-state index in [-0.39, 0.29) is 11.7 Å². The SMILES string of the molecule is COc1ccc(CN(CC(F)(F)F)C(=S)NCCc2ccccc2)cc1. The monoisotopic (exact) mass is 382 g/mol. The molecule has 2 aromatic carbocycles. The molecule has 0 saturated heterocycles. The first-order valence-electron chi connectivity index (χ1n) is 8.14. The van der Waals surface area contributed by atoms with Crippen LogP contribution in [0.2, 0.25) is 0 Å². The van der Waals surface area contributed by atoms with Crippen molar-refractivity contribution in [3.8, 4) is 5.75 Å². The summed E-state index contributed by atoms with van der Waals surface area (Å²) in [6.07, 6.45) is -3.65. The summed E-state index contributed by atoms with van der Waals surface area (Å²) < 4.78 is 43.8. The zero-order valence-electron chi connectivity index (χ0n) is 14.4. The average molecular weight is 382 g/mol. The molecule has 7 heteroatoms. The highest BCUT2D eigenvalue weighted by Crippen LogP contribution is 2.19. The second-order valence-corrected chi connectivity index (χ2v) is 6.17. The van der Waals surface area contributed by atoms with Gasteiger partial charge in [0.15, 0.2) is 5.11 Å². The summed E-state index contributed by atoms with van der Waals surface area (Å²) in [4.78, 5) is 1.13. The van der Waals surface area contributed by atoms with Gasteiger partial charge in [-0.3, -0.25) is 0 Å². The zero-order chi connectivity index (χ0) is 19.0. The lowest BCUT2D eigenvalue weighted by Gasteiger charge is -2.27. The summed E-state index contributed by atoms with van der Waals surface area (Å²) >= 11 is 5.20. The summed E-state index contributed by atoms with van der Waals surface area (Å²) in [7, 11) is 1.54. The Kier molecular flexibility index (Phi) is 7.26. The van der Waals surface area contributed by atoms with Gasteiger partial charge >= 0.3 is 6.18 Å². The molecule has 26 heavy (non-hydrogen) atoms. The Morgan fingerprint density at radius 3 is 2.27 bits per heavy atom. The molecule has 0 atom stereocenters. The number of benzene rings is 2. The maximum absolute atomic E-state index is 12.9. The van der Waals surface area contributed by atoms with E-state index >= 15 is 0 Å². The van der Waals surface area contributed by atoms with Crippen molar-refractivity contribution in [1.82, 2.24) is 10.2 Å². The standard InChI is InChI=1S/C19H21F3N2OS/c1-25-17-9-7-16(8-10-17)13-24(14-19(20,21)22)18(26)23-12-11-15-5-3-2-4-6-15/h2-10H,11-14H2,1H3,(H,23,26). The normalized spacial score (nSPS) is 11.1. The predicted molar refractivity (Wildman–Crippen MR) is 100 cm³/mol. The number of nitrogens with one attached hydrogen (secondary N) is 1. The summed E-state index contributed by atoms with van der Waals surface area (Å²) in [5.74, 6) is 0.652. The van der Waals surface area contributed by atoms with Crippen LogP contribution in [0.25, 0.3) is 0 Å². The van der Waals surface area contributed by atoms with Crippen LogP contribution >= 0.6 is 12.2 Å². The van der Waals surface area contributed by atoms with Crippen molar-refractivity contribution in [3.63, 3.8) is 0 Å². The number of rotatable bonds is 7. The van der Waals surface area contributed by atoms with Crippen LogP contribution < -0.4 is 10.1 Å². The van der Waals surface area contributed by atoms with Gasteiger partial charge in [-0.1, -0.05) is 42.5 Å². The molecule has 2 aromatic rings. The maximum atomic E-state index is 12.9. The Morgan fingerprint density at radius 1 is 1.04 bits per heavy atom. The first-order valence-corrected chi connectivity index (χ1v) is 8.54. The molecule has 0 radical (unpaired) electrons. The lowest BCUT2D eigenvalue weighted by molar-refractivity contribution is -0.138. The minimum atomic E-state index is -4.34. The van der Waals surface area contributed by atoms with Crippen LogP contribution in [0, 0.1) is 0 Å². The number of thiocarbonyl (C=S) groups is 1. The number of halogens is 3. The van der Waals surface area contributed by atoms with Gasteiger partial charge in [0.05, 0.1) is 7.11 Å². The second-order valence-electron chi connectivity index (χ2n) is 5.79. The average Bonchev–Trinajstić information content (AvgIpc) is 2.61. The Labute approximate surface area is 156 Å². The van der Waals surface area contributed by atoms with Crippen molar-refractivity contribution in [2.24, 2.45) is 0 Å². The highest BCUT2D eigenvalue weighted by atomic mass is 32.1. The van der Waals surface area contributed by atoms with E-state index in [2.05, 4.69) is 5.32 Å². The Morgan fingerprint density at radius 2 is 1.69 bits per heavy atom. The Bertz CT molecular complexity index is 690. The van der Waals surface area contributed by atoms with Crippen molar-refractivity contribution in [3.05, 3.63) is 65.7 Å². The second kappa shape index (κ2) is 9.43. The number of alkyl halides is 3. The number of hydrogen-bond donors (Lipinski definition) is 1. The van der Waals surface area contributed by atoms with Crippen molar-refractivity contribution >= 4 is 17.3 Å². The van der Waals surface area contributed by atoms with E-state index in [9.17, 15) is 13.2 Å². The molecule has 140 valence electrons. The van der Waals surface area contributed by atoms with Crippen molar-refractivity contribution < 1.29 is 17.9 Å². The van der Waals surface area contributed by atoms with Crippen LogP contribution in [-0.4, -0.2) is 36.4 Å². The van der Waals surface area contributed by atoms with Crippen molar-refractivity contribution in [2.45, 2.75) is 19.1 Å². The molecule has 0 heterocycles. The lowest BCUT2D eigenvalue weighted by atomic mass is 10.1. The molecule has 1 N–H and O–H groups in total. The lowest BCUT2D eigenvalue weighted by Crippen LogP contribution is -2.44. The molecule has 2 rings (SSSR count). The zero-order valence-corrected chi connectivity index (χ0v) is 15.2. The largest absolute Gasteiger partial charge is 0.497 e. The van der Waals surface area contributed by atoms with Gasteiger partial charge < -0.3 is 15.0 Å². The van der Waals surface area contributed by atoms with E-state index in [1.165, 1.54) is 7.11 Å². The van der Waals surface area contributed by atoms with Crippen LogP contribution in [0.3, 0.4) is 0 Å². The molecule has 0 spiro atoms. The number of nitrogens with zero attached hydrogens (tertiary/aromatic N) is 1. The molecule has 0 aliphatic carbocycles. The maximum Gasteiger partial charge on any atom is 0.406 e. The topological polar surface area (TPSA) is 24.5 Å². The summed E-state index contributed by atoms with van der Waals surface area (Å²) in [6, 6.07) is 16.6. The van der Waals surface area contributed by atoms with Crippen LogP contribution in [0.1, 0.15) is 11.1 Å². The quantitative estimate of drug-likeness (QED) is 0.727. The third-order valence-corrected chi connectivity index (χ3v) is 4.13. The van der Waals surface area contributed by atoms with Gasteiger partial charge in [-0.2, -0.15) is 13.2 Å². The smallest absolute Gasteiger partial charge is 0.406 e. The third kappa shape index (κ3) is 6.92. The highest BCUT2D eigenvalue weighted by molar-refractivity contribution is 7.80. The van der Waals surface area contributed by atoms with Gasteiger partial charge in [0.1, 0.15) is 12.3 Å². The van der Waals surface area contributed by atoms with Crippen molar-refractivity contribution in [1.29, 1.82) is 0 Å². The Hall–Kier alpha value is -2.28. The first kappa shape index (κ1) is 20.0. The predicted octanol–water partition coefficient (Wildman–Crippen LogP) is 4.18. The minimum Gasteiger partial charge on any atom is -0.497 e. The molecule has 0 fully saturated rings. The van der Waals surface area contributed by atoms with Gasteiger partial charge in [-0.05, 0) is 41.9 Å². The van der Waals surface area contributed by atoms with Crippen molar-refractivity contribution in [2.75, 3.05) is 20.2 Å². The van der Waals surface area contributed by atoms with Gasteiger partial charge in [-0.15, -0.1) is 0 Å². The van der Waals surface area contributed by atoms with Crippen LogP contribution in [0.5, 0.6) is 5.75 Å². The highest BCUT2D eigenvalue weighted by Gasteiger charge is 2.31. The van der Waals surface area contributed by atoms with E-state index in [0.717, 1.165) is 16.0 Å². The van der Waals surface area contributed by atoms with Gasteiger partial charge in [-0.25, -0.2) is 0 Å². The van der Waals surface area contributed by atoms with E-state index in [4.69, 9.17) is 17.0 Å². The summed E-state index contributed by atoms with van der Waals surface area (Å²) in [5.41, 5.74) is 1.82. The molecule has 0 bridgehead atoms. The summed E-state index contributed by atoms with van der Waals surface area (Å²) in [5, 5.41) is 3.02. The molecular weight excluding hydrogens is 361 g/mol. The number of hydrogen-bond acceptors (Lipinski definition) is 2. The molecule has 0 aliphatic rings. The van der Waals surface area contributed by atoms with Crippen LogP contribution in [0.4, 0.5) is 13.2 Å². The third-order valence-electron chi connectivity index (χ3n) is 3.72. The fourth-order valence-corrected chi connectivity index (χ4v) is 2.67. The molecule has 0 saturated carbocycles. The molecule has 0 aliphatic heterocycles. The van der Waals surface area contributed by atoms with E-state index < -0.39 is 12.7 Å². The Balaban J connectivity index is 1.96. The fourth-order valence-electron chi connectivity index (χ4n) is 2.44. The molecule has 0 amide bonds. The number of methoxy groups -OCH3 is 1. The van der Waals surface area contributed by atoms with E-state index in [1.54, 1.807) is 24.3 Å². The van der Waals surface area contributed by atoms with E-state index in [0.29, 0.717) is 18.7 Å². The molecular formula is C19H21F3N2OS. The molecule has 0 unspecified atom stereocenters. The summed E-state index contributed by atoms with van der Waals surface area (Å²) in [6.45, 7) is -0.559. The molecule has 0 aromatic heterocycles. The molecule has 3 nitrogen and oxygen atoms in total. The van der Waals surface area contributed by atoms with Gasteiger partial charge in [0.2, 0.25) is 0 Å². The van der Waals surface area contributed by atoms with Crippen LogP contribution in [0.15, 0.2) is 54.6 Å². The van der Waals surface area contributed by atoms with Gasteiger partial charge in [0, 0.05) is 13.1 Å². The van der Waals surface area contributed by atoms with Gasteiger partial charge in [0.25, 0.3) is 0 Å². The van der Waals surface area contributed by atoms with Crippen LogP contribution in [-0.2, 0) is 13.0 Å². The first-order chi connectivity index (χ1) is 12.4. The fraction of sp³-hybridized carbons (Fsp3) is 0.316. The number of ether oxygens (including phenoxy) is 1. The minimum absolute atomic E-state index is 0.0701.